The van der Waals surface area contributed by atoms with Gasteiger partial charge in [0, 0.05) is 6.61 Å². The summed E-state index contributed by atoms with van der Waals surface area (Å²) in [6.45, 7) is 0.174. The van der Waals surface area contributed by atoms with Gasteiger partial charge in [-0.05, 0) is 30.6 Å². The molecule has 0 aromatic carbocycles. The van der Waals surface area contributed by atoms with Gasteiger partial charge in [0.1, 0.15) is 0 Å². The van der Waals surface area contributed by atoms with Gasteiger partial charge in [0.15, 0.2) is 9.84 Å². The maximum atomic E-state index is 11.3. The number of sulfone groups is 1. The minimum atomic E-state index is -2.78. The molecule has 0 radical (unpaired) electrons. The molecule has 2 fully saturated rings. The fourth-order valence-electron chi connectivity index (χ4n) is 2.60. The highest BCUT2D eigenvalue weighted by Gasteiger charge is 2.47. The second-order valence-electron chi connectivity index (χ2n) is 4.47. The normalized spacial score (nSPS) is 35.6. The van der Waals surface area contributed by atoms with Gasteiger partial charge in [-0.2, -0.15) is 0 Å². The number of hydrogen-bond donors (Lipinski definition) is 1. The predicted molar refractivity (Wildman–Crippen MR) is 50.1 cm³/mol. The molecule has 3 nitrogen and oxygen atoms in total. The Bertz CT molecular complexity index is 284. The van der Waals surface area contributed by atoms with E-state index in [9.17, 15) is 13.5 Å². The Hall–Kier alpha value is -0.0900. The summed E-state index contributed by atoms with van der Waals surface area (Å²) in [5.41, 5.74) is -0.0242. The molecule has 4 heteroatoms. The first-order chi connectivity index (χ1) is 6.08. The number of aliphatic hydroxyl groups excluding tert-OH is 1. The summed E-state index contributed by atoms with van der Waals surface area (Å²) in [7, 11) is -2.78. The molecule has 13 heavy (non-hydrogen) atoms. The maximum Gasteiger partial charge on any atom is 0.150 e. The van der Waals surface area contributed by atoms with Gasteiger partial charge >= 0.3 is 0 Å². The molecule has 1 aliphatic heterocycles. The minimum absolute atomic E-state index is 0.0242. The average Bonchev–Trinajstić information content (AvgIpc) is 2.30. The summed E-state index contributed by atoms with van der Waals surface area (Å²) < 4.78 is 22.5. The highest BCUT2D eigenvalue weighted by molar-refractivity contribution is 7.91. The van der Waals surface area contributed by atoms with Crippen molar-refractivity contribution in [2.24, 2.45) is 11.3 Å². The van der Waals surface area contributed by atoms with Crippen molar-refractivity contribution in [2.75, 3.05) is 18.1 Å². The van der Waals surface area contributed by atoms with Gasteiger partial charge in [0.25, 0.3) is 0 Å². The fraction of sp³-hybridized carbons (Fsp3) is 1.00. The van der Waals surface area contributed by atoms with Gasteiger partial charge in [-0.25, -0.2) is 8.42 Å². The third-order valence-electron chi connectivity index (χ3n) is 3.76. The zero-order valence-electron chi connectivity index (χ0n) is 7.70. The zero-order valence-corrected chi connectivity index (χ0v) is 8.52. The molecule has 1 saturated carbocycles. The van der Waals surface area contributed by atoms with Crippen LogP contribution in [0, 0.1) is 11.3 Å². The lowest BCUT2D eigenvalue weighted by molar-refractivity contribution is -0.00373. The van der Waals surface area contributed by atoms with Gasteiger partial charge in [0.05, 0.1) is 11.5 Å². The Morgan fingerprint density at radius 3 is 2.38 bits per heavy atom. The fourth-order valence-corrected chi connectivity index (χ4v) is 4.55. The van der Waals surface area contributed by atoms with Crippen LogP contribution in [0.1, 0.15) is 25.7 Å². The molecule has 0 aromatic rings. The predicted octanol–water partition coefficient (Wildman–Crippen LogP) is 0.584. The van der Waals surface area contributed by atoms with Crippen molar-refractivity contribution in [2.45, 2.75) is 25.7 Å². The lowest BCUT2D eigenvalue weighted by atomic mass is 9.61. The Morgan fingerprint density at radius 1 is 1.38 bits per heavy atom. The highest BCUT2D eigenvalue weighted by Crippen LogP contribution is 2.50. The van der Waals surface area contributed by atoms with E-state index in [-0.39, 0.29) is 17.9 Å². The molecule has 1 unspecified atom stereocenters. The lowest BCUT2D eigenvalue weighted by Crippen LogP contribution is -2.41. The van der Waals surface area contributed by atoms with Gasteiger partial charge in [-0.15, -0.1) is 0 Å². The van der Waals surface area contributed by atoms with Crippen LogP contribution in [0.25, 0.3) is 0 Å². The van der Waals surface area contributed by atoms with E-state index in [0.717, 1.165) is 25.7 Å². The summed E-state index contributed by atoms with van der Waals surface area (Å²) in [4.78, 5) is 0. The Balaban J connectivity index is 2.10. The van der Waals surface area contributed by atoms with E-state index in [1.807, 2.05) is 0 Å². The second-order valence-corrected chi connectivity index (χ2v) is 6.70. The van der Waals surface area contributed by atoms with Crippen LogP contribution in [-0.2, 0) is 9.84 Å². The SMILES string of the molecule is O=S1(=O)CCC(C2(CO)CCC2)C1. The number of aliphatic hydroxyl groups is 1. The quantitative estimate of drug-likeness (QED) is 0.716. The molecule has 1 heterocycles. The van der Waals surface area contributed by atoms with Crippen molar-refractivity contribution in [1.82, 2.24) is 0 Å². The van der Waals surface area contributed by atoms with Gasteiger partial charge in [-0.1, -0.05) is 6.42 Å². The number of rotatable bonds is 2. The molecular weight excluding hydrogens is 188 g/mol. The molecule has 2 aliphatic rings. The van der Waals surface area contributed by atoms with Crippen molar-refractivity contribution >= 4 is 9.84 Å². The summed E-state index contributed by atoms with van der Waals surface area (Å²) in [6, 6.07) is 0. The third kappa shape index (κ3) is 1.50. The van der Waals surface area contributed by atoms with E-state index < -0.39 is 9.84 Å². The summed E-state index contributed by atoms with van der Waals surface area (Å²) in [5, 5.41) is 9.27. The molecule has 1 atom stereocenters. The molecule has 2 rings (SSSR count). The molecule has 0 spiro atoms. The molecule has 0 bridgehead atoms. The molecule has 0 aromatic heterocycles. The monoisotopic (exact) mass is 204 g/mol. The van der Waals surface area contributed by atoms with Crippen molar-refractivity contribution in [1.29, 1.82) is 0 Å². The molecule has 1 saturated heterocycles. The van der Waals surface area contributed by atoms with Crippen molar-refractivity contribution in [3.8, 4) is 0 Å². The third-order valence-corrected chi connectivity index (χ3v) is 5.53. The van der Waals surface area contributed by atoms with Crippen LogP contribution in [0.2, 0.25) is 0 Å². The van der Waals surface area contributed by atoms with Crippen molar-refractivity contribution < 1.29 is 13.5 Å². The zero-order chi connectivity index (χ0) is 9.53. The standard InChI is InChI=1S/C9H16O3S/c10-7-9(3-1-4-9)8-2-5-13(11,12)6-8/h8,10H,1-7H2. The molecule has 0 amide bonds. The molecule has 1 aliphatic carbocycles. The first kappa shape index (κ1) is 9.46. The molecule has 76 valence electrons. The van der Waals surface area contributed by atoms with Crippen LogP contribution in [0.4, 0.5) is 0 Å². The number of hydrogen-bond acceptors (Lipinski definition) is 3. The molecular formula is C9H16O3S. The van der Waals surface area contributed by atoms with E-state index >= 15 is 0 Å². The Morgan fingerprint density at radius 2 is 2.08 bits per heavy atom. The molecule has 1 N–H and O–H groups in total. The van der Waals surface area contributed by atoms with E-state index in [1.54, 1.807) is 0 Å². The van der Waals surface area contributed by atoms with Crippen LogP contribution >= 0.6 is 0 Å². The van der Waals surface area contributed by atoms with Crippen LogP contribution in [0.5, 0.6) is 0 Å². The Labute approximate surface area is 79.1 Å². The van der Waals surface area contributed by atoms with Crippen LogP contribution in [0.15, 0.2) is 0 Å². The van der Waals surface area contributed by atoms with Crippen LogP contribution in [0.3, 0.4) is 0 Å². The van der Waals surface area contributed by atoms with Gasteiger partial charge < -0.3 is 5.11 Å². The minimum Gasteiger partial charge on any atom is -0.396 e. The van der Waals surface area contributed by atoms with E-state index in [2.05, 4.69) is 0 Å². The van der Waals surface area contributed by atoms with Crippen LogP contribution < -0.4 is 0 Å². The smallest absolute Gasteiger partial charge is 0.150 e. The highest BCUT2D eigenvalue weighted by atomic mass is 32.2. The Kier molecular flexibility index (Phi) is 2.15. The van der Waals surface area contributed by atoms with E-state index in [1.165, 1.54) is 0 Å². The van der Waals surface area contributed by atoms with Crippen LogP contribution in [-0.4, -0.2) is 31.6 Å². The largest absolute Gasteiger partial charge is 0.396 e. The van der Waals surface area contributed by atoms with Crippen molar-refractivity contribution in [3.63, 3.8) is 0 Å². The average molecular weight is 204 g/mol. The first-order valence-electron chi connectivity index (χ1n) is 4.89. The van der Waals surface area contributed by atoms with E-state index in [0.29, 0.717) is 11.5 Å². The summed E-state index contributed by atoms with van der Waals surface area (Å²) in [5.74, 6) is 0.878. The van der Waals surface area contributed by atoms with Gasteiger partial charge in [-0.3, -0.25) is 0 Å². The summed E-state index contributed by atoms with van der Waals surface area (Å²) in [6.07, 6.45) is 3.95. The van der Waals surface area contributed by atoms with E-state index in [4.69, 9.17) is 0 Å². The second kappa shape index (κ2) is 2.95. The van der Waals surface area contributed by atoms with Gasteiger partial charge in [0.2, 0.25) is 0 Å². The maximum absolute atomic E-state index is 11.3. The van der Waals surface area contributed by atoms with Crippen molar-refractivity contribution in [3.05, 3.63) is 0 Å². The lowest BCUT2D eigenvalue weighted by Gasteiger charge is -2.44. The first-order valence-corrected chi connectivity index (χ1v) is 6.71. The summed E-state index contributed by atoms with van der Waals surface area (Å²) >= 11 is 0. The topological polar surface area (TPSA) is 54.4 Å².